The third-order valence-electron chi connectivity index (χ3n) is 5.26. The highest BCUT2D eigenvalue weighted by Crippen LogP contribution is 2.44. The van der Waals surface area contributed by atoms with E-state index in [4.69, 9.17) is 0 Å². The molecule has 2 saturated heterocycles. The van der Waals surface area contributed by atoms with Crippen LogP contribution in [0.1, 0.15) is 45.6 Å². The Morgan fingerprint density at radius 3 is 2.41 bits per heavy atom. The molecule has 0 unspecified atom stereocenters. The molecule has 3 rings (SSSR count). The Bertz CT molecular complexity index is 664. The first kappa shape index (κ1) is 20.1. The van der Waals surface area contributed by atoms with Gasteiger partial charge in [0.25, 0.3) is 0 Å². The van der Waals surface area contributed by atoms with E-state index in [1.807, 2.05) is 55.6 Å². The maximum atomic E-state index is 12.9. The molecule has 0 atom stereocenters. The van der Waals surface area contributed by atoms with Crippen molar-refractivity contribution in [1.29, 1.82) is 0 Å². The number of aryl methyl sites for hydroxylation is 1. The molecular weight excluding hydrogens is 358 g/mol. The van der Waals surface area contributed by atoms with Crippen LogP contribution in [0.25, 0.3) is 0 Å². The van der Waals surface area contributed by atoms with Crippen LogP contribution in [0, 0.1) is 0 Å². The summed E-state index contributed by atoms with van der Waals surface area (Å²) in [5, 5.41) is 3.04. The van der Waals surface area contributed by atoms with Gasteiger partial charge in [-0.3, -0.25) is 4.79 Å². The molecule has 27 heavy (non-hydrogen) atoms. The number of thioether (sulfide) groups is 1. The Balaban J connectivity index is 1.56. The number of urea groups is 1. The number of amides is 3. The summed E-state index contributed by atoms with van der Waals surface area (Å²) in [5.41, 5.74) is 0.980. The number of nitrogens with one attached hydrogen (secondary N) is 1. The largest absolute Gasteiger partial charge is 0.333 e. The molecule has 3 amide bonds. The molecule has 0 aliphatic carbocycles. The van der Waals surface area contributed by atoms with Crippen LogP contribution in [0.2, 0.25) is 0 Å². The molecule has 0 bridgehead atoms. The molecule has 5 nitrogen and oxygen atoms in total. The molecule has 1 spiro atoms. The minimum absolute atomic E-state index is 0.00213. The van der Waals surface area contributed by atoms with Gasteiger partial charge in [0.15, 0.2) is 0 Å². The lowest BCUT2D eigenvalue weighted by Crippen LogP contribution is -2.56. The van der Waals surface area contributed by atoms with Crippen LogP contribution in [0.4, 0.5) is 4.79 Å². The van der Waals surface area contributed by atoms with Crippen LogP contribution in [0.3, 0.4) is 0 Å². The van der Waals surface area contributed by atoms with E-state index in [0.29, 0.717) is 19.5 Å². The van der Waals surface area contributed by atoms with Crippen LogP contribution < -0.4 is 5.32 Å². The highest BCUT2D eigenvalue weighted by molar-refractivity contribution is 8.00. The fraction of sp³-hybridized carbons (Fsp3) is 0.619. The molecule has 2 heterocycles. The van der Waals surface area contributed by atoms with Crippen molar-refractivity contribution in [3.63, 3.8) is 0 Å². The number of likely N-dealkylation sites (tertiary alicyclic amines) is 1. The van der Waals surface area contributed by atoms with Crippen LogP contribution in [0.15, 0.2) is 30.3 Å². The maximum absolute atomic E-state index is 12.9. The number of benzene rings is 1. The van der Waals surface area contributed by atoms with Gasteiger partial charge in [0.05, 0.1) is 4.87 Å². The van der Waals surface area contributed by atoms with Crippen molar-refractivity contribution in [2.24, 2.45) is 0 Å². The van der Waals surface area contributed by atoms with Gasteiger partial charge >= 0.3 is 6.03 Å². The Morgan fingerprint density at radius 2 is 1.78 bits per heavy atom. The lowest BCUT2D eigenvalue weighted by molar-refractivity contribution is -0.134. The molecule has 0 radical (unpaired) electrons. The van der Waals surface area contributed by atoms with Gasteiger partial charge in [-0.1, -0.05) is 30.3 Å². The van der Waals surface area contributed by atoms with Crippen molar-refractivity contribution in [1.82, 2.24) is 15.1 Å². The number of carbonyl (C=O) groups excluding carboxylic acids is 2. The molecule has 1 aromatic carbocycles. The smallest absolute Gasteiger partial charge is 0.317 e. The van der Waals surface area contributed by atoms with E-state index < -0.39 is 0 Å². The third kappa shape index (κ3) is 4.98. The van der Waals surface area contributed by atoms with Crippen LogP contribution in [-0.4, -0.2) is 57.5 Å². The number of piperidine rings is 1. The predicted molar refractivity (Wildman–Crippen MR) is 111 cm³/mol. The minimum Gasteiger partial charge on any atom is -0.333 e. The van der Waals surface area contributed by atoms with Crippen LogP contribution >= 0.6 is 11.8 Å². The van der Waals surface area contributed by atoms with Gasteiger partial charge in [0, 0.05) is 37.3 Å². The topological polar surface area (TPSA) is 52.7 Å². The second kappa shape index (κ2) is 8.13. The van der Waals surface area contributed by atoms with Crippen molar-refractivity contribution in [2.75, 3.05) is 25.4 Å². The average Bonchev–Trinajstić information content (AvgIpc) is 3.03. The molecule has 148 valence electrons. The second-order valence-corrected chi connectivity index (χ2v) is 9.95. The van der Waals surface area contributed by atoms with E-state index in [9.17, 15) is 9.59 Å². The monoisotopic (exact) mass is 389 g/mol. The molecule has 6 heteroatoms. The summed E-state index contributed by atoms with van der Waals surface area (Å²) in [5.74, 6) is 1.24. The Kier molecular flexibility index (Phi) is 6.04. The van der Waals surface area contributed by atoms with Gasteiger partial charge in [-0.25, -0.2) is 4.79 Å². The fourth-order valence-electron chi connectivity index (χ4n) is 3.86. The summed E-state index contributed by atoms with van der Waals surface area (Å²) >= 11 is 1.90. The molecule has 1 aromatic rings. The summed E-state index contributed by atoms with van der Waals surface area (Å²) in [6.45, 7) is 8.23. The maximum Gasteiger partial charge on any atom is 0.317 e. The van der Waals surface area contributed by atoms with E-state index in [-0.39, 0.29) is 22.3 Å². The van der Waals surface area contributed by atoms with Crippen molar-refractivity contribution >= 4 is 23.7 Å². The first-order chi connectivity index (χ1) is 12.8. The predicted octanol–water partition coefficient (Wildman–Crippen LogP) is 3.49. The zero-order chi connectivity index (χ0) is 19.5. The standard InChI is InChI=1S/C21H31N3O2S/c1-20(2,3)22-19(26)23-13-11-21(12-14-23)24(15-16-27-21)18(25)10-9-17-7-5-4-6-8-17/h4-8H,9-16H2,1-3H3,(H,22,26). The van der Waals surface area contributed by atoms with Crippen LogP contribution in [0.5, 0.6) is 0 Å². The summed E-state index contributed by atoms with van der Waals surface area (Å²) in [6.07, 6.45) is 3.05. The molecular formula is C21H31N3O2S. The summed E-state index contributed by atoms with van der Waals surface area (Å²) in [6, 6.07) is 10.2. The molecule has 1 N–H and O–H groups in total. The third-order valence-corrected chi connectivity index (χ3v) is 6.82. The van der Waals surface area contributed by atoms with Gasteiger partial charge in [-0.2, -0.15) is 0 Å². The number of rotatable bonds is 3. The Labute approximate surface area is 166 Å². The van der Waals surface area contributed by atoms with Crippen LogP contribution in [-0.2, 0) is 11.2 Å². The number of hydrogen-bond acceptors (Lipinski definition) is 3. The average molecular weight is 390 g/mol. The first-order valence-corrected chi connectivity index (χ1v) is 10.8. The van der Waals surface area contributed by atoms with E-state index >= 15 is 0 Å². The number of carbonyl (C=O) groups is 2. The minimum atomic E-state index is -0.228. The van der Waals surface area contributed by atoms with Gasteiger partial charge in [0.1, 0.15) is 0 Å². The van der Waals surface area contributed by atoms with Gasteiger partial charge in [-0.15, -0.1) is 11.8 Å². The summed E-state index contributed by atoms with van der Waals surface area (Å²) < 4.78 is 0. The molecule has 2 aliphatic heterocycles. The highest BCUT2D eigenvalue weighted by atomic mass is 32.2. The summed E-state index contributed by atoms with van der Waals surface area (Å²) in [4.78, 5) is 29.2. The van der Waals surface area contributed by atoms with E-state index in [1.54, 1.807) is 0 Å². The van der Waals surface area contributed by atoms with E-state index in [2.05, 4.69) is 22.3 Å². The van der Waals surface area contributed by atoms with Crippen molar-refractivity contribution in [2.45, 2.75) is 56.9 Å². The first-order valence-electron chi connectivity index (χ1n) is 9.85. The number of nitrogens with zero attached hydrogens (tertiary/aromatic N) is 2. The highest BCUT2D eigenvalue weighted by Gasteiger charge is 2.46. The lowest BCUT2D eigenvalue weighted by atomic mass is 10.0. The SMILES string of the molecule is CC(C)(C)NC(=O)N1CCC2(CC1)SCCN2C(=O)CCc1ccccc1. The molecule has 0 aromatic heterocycles. The molecule has 2 aliphatic rings. The zero-order valence-electron chi connectivity index (χ0n) is 16.7. The zero-order valence-corrected chi connectivity index (χ0v) is 17.5. The van der Waals surface area contributed by atoms with E-state index in [1.165, 1.54) is 5.56 Å². The summed E-state index contributed by atoms with van der Waals surface area (Å²) in [7, 11) is 0. The quantitative estimate of drug-likeness (QED) is 0.861. The number of hydrogen-bond donors (Lipinski definition) is 1. The Hall–Kier alpha value is -1.69. The van der Waals surface area contributed by atoms with Crippen molar-refractivity contribution in [3.8, 4) is 0 Å². The molecule has 0 saturated carbocycles. The fourth-order valence-corrected chi connectivity index (χ4v) is 5.34. The van der Waals surface area contributed by atoms with Gasteiger partial charge < -0.3 is 15.1 Å². The second-order valence-electron chi connectivity index (χ2n) is 8.49. The lowest BCUT2D eigenvalue weighted by Gasteiger charge is -2.44. The Morgan fingerprint density at radius 1 is 1.11 bits per heavy atom. The van der Waals surface area contributed by atoms with E-state index in [0.717, 1.165) is 31.6 Å². The molecule has 2 fully saturated rings. The normalized spacial score (nSPS) is 19.4. The van der Waals surface area contributed by atoms with Gasteiger partial charge in [-0.05, 0) is 45.6 Å². The van der Waals surface area contributed by atoms with Crippen molar-refractivity contribution < 1.29 is 9.59 Å². The van der Waals surface area contributed by atoms with Gasteiger partial charge in [0.2, 0.25) is 5.91 Å². The van der Waals surface area contributed by atoms with Crippen molar-refractivity contribution in [3.05, 3.63) is 35.9 Å².